The Morgan fingerprint density at radius 2 is 1.79 bits per heavy atom. The number of aromatic nitrogens is 1. The van der Waals surface area contributed by atoms with E-state index in [2.05, 4.69) is 15.2 Å². The number of amides is 4. The largest absolute Gasteiger partial charge is 0.494 e. The van der Waals surface area contributed by atoms with Gasteiger partial charge in [0.1, 0.15) is 23.2 Å². The van der Waals surface area contributed by atoms with Crippen molar-refractivity contribution in [1.82, 2.24) is 15.2 Å². The molecule has 5 rings (SSSR count). The fraction of sp³-hybridized carbons (Fsp3) is 0.429. The lowest BCUT2D eigenvalue weighted by Crippen LogP contribution is -2.54. The normalized spacial score (nSPS) is 19.5. The number of carbonyl (C=O) groups is 5. The van der Waals surface area contributed by atoms with E-state index in [1.807, 2.05) is 26.8 Å². The minimum atomic E-state index is -0.996. The van der Waals surface area contributed by atoms with Crippen molar-refractivity contribution in [3.05, 3.63) is 53.2 Å². The number of nitrogens with zero attached hydrogens (tertiary/aromatic N) is 3. The van der Waals surface area contributed by atoms with E-state index in [0.29, 0.717) is 23.8 Å². The highest BCUT2D eigenvalue weighted by molar-refractivity contribution is 6.23. The number of hydrogen-bond donors (Lipinski definition) is 1. The standard InChI is InChI=1S/C28H30N4O7/c1-28(2,3)39-27(37)17-4-8-22(29-13-17)31-14-16(15-31)10-11-38-18-5-6-19-20(12-18)26(36)32(25(19)35)21-7-9-23(33)30-24(21)34/h4-6,8,12-13,16,21H,7,9-11,14-15H2,1-3H3,(H,30,33,34). The van der Waals surface area contributed by atoms with Crippen molar-refractivity contribution in [2.75, 3.05) is 24.6 Å². The maximum Gasteiger partial charge on any atom is 0.340 e. The molecule has 2 aromatic rings. The van der Waals surface area contributed by atoms with Crippen LogP contribution in [0.25, 0.3) is 0 Å². The molecule has 11 heteroatoms. The van der Waals surface area contributed by atoms with Gasteiger partial charge in [0.15, 0.2) is 0 Å². The molecule has 1 atom stereocenters. The van der Waals surface area contributed by atoms with Gasteiger partial charge in [-0.25, -0.2) is 9.78 Å². The predicted molar refractivity (Wildman–Crippen MR) is 138 cm³/mol. The van der Waals surface area contributed by atoms with Gasteiger partial charge in [0, 0.05) is 25.7 Å². The molecule has 2 saturated heterocycles. The molecule has 4 amide bonds. The second-order valence-electron chi connectivity index (χ2n) is 11.0. The van der Waals surface area contributed by atoms with Crippen LogP contribution in [0.5, 0.6) is 5.75 Å². The molecule has 1 N–H and O–H groups in total. The minimum Gasteiger partial charge on any atom is -0.494 e. The third-order valence-electron chi connectivity index (χ3n) is 6.87. The summed E-state index contributed by atoms with van der Waals surface area (Å²) in [6.07, 6.45) is 2.51. The first kappa shape index (κ1) is 26.3. The van der Waals surface area contributed by atoms with E-state index in [0.717, 1.165) is 30.2 Å². The molecule has 0 saturated carbocycles. The summed E-state index contributed by atoms with van der Waals surface area (Å²) in [4.78, 5) is 69.0. The Morgan fingerprint density at radius 3 is 2.46 bits per heavy atom. The number of benzene rings is 1. The Balaban J connectivity index is 1.10. The third-order valence-corrected chi connectivity index (χ3v) is 6.87. The summed E-state index contributed by atoms with van der Waals surface area (Å²) < 4.78 is 11.2. The summed E-state index contributed by atoms with van der Waals surface area (Å²) in [7, 11) is 0. The second kappa shape index (κ2) is 10.1. The van der Waals surface area contributed by atoms with Crippen molar-refractivity contribution in [3.63, 3.8) is 0 Å². The number of piperidine rings is 1. The smallest absolute Gasteiger partial charge is 0.340 e. The molecule has 204 valence electrons. The van der Waals surface area contributed by atoms with Gasteiger partial charge in [0.05, 0.1) is 23.3 Å². The number of rotatable bonds is 7. The number of imide groups is 2. The fourth-order valence-electron chi connectivity index (χ4n) is 4.85. The molecule has 1 aromatic heterocycles. The van der Waals surface area contributed by atoms with Crippen molar-refractivity contribution >= 4 is 35.4 Å². The minimum absolute atomic E-state index is 0.0736. The highest BCUT2D eigenvalue weighted by Gasteiger charge is 2.44. The zero-order valence-electron chi connectivity index (χ0n) is 22.1. The van der Waals surface area contributed by atoms with Crippen LogP contribution in [-0.4, -0.2) is 70.8 Å². The number of hydrogen-bond acceptors (Lipinski definition) is 9. The number of carbonyl (C=O) groups excluding carboxylic acids is 5. The Morgan fingerprint density at radius 1 is 1.05 bits per heavy atom. The van der Waals surface area contributed by atoms with Crippen LogP contribution >= 0.6 is 0 Å². The Kier molecular flexibility index (Phi) is 6.83. The van der Waals surface area contributed by atoms with Crippen LogP contribution in [0.4, 0.5) is 5.82 Å². The van der Waals surface area contributed by atoms with Gasteiger partial charge in [0.25, 0.3) is 11.8 Å². The molecule has 3 aliphatic heterocycles. The van der Waals surface area contributed by atoms with Crippen molar-refractivity contribution in [3.8, 4) is 5.75 Å². The quantitative estimate of drug-likeness (QED) is 0.419. The number of fused-ring (bicyclic) bond motifs is 1. The van der Waals surface area contributed by atoms with Crippen LogP contribution in [0, 0.1) is 5.92 Å². The van der Waals surface area contributed by atoms with Gasteiger partial charge in [-0.3, -0.25) is 29.4 Å². The average molecular weight is 535 g/mol. The van der Waals surface area contributed by atoms with E-state index in [1.165, 1.54) is 18.3 Å². The van der Waals surface area contributed by atoms with E-state index in [1.54, 1.807) is 12.1 Å². The van der Waals surface area contributed by atoms with E-state index in [9.17, 15) is 24.0 Å². The SMILES string of the molecule is CC(C)(C)OC(=O)c1ccc(N2CC(CCOc3ccc4c(c3)C(=O)N(C3CCC(=O)NC3=O)C4=O)C2)nc1. The molecule has 11 nitrogen and oxygen atoms in total. The number of anilines is 1. The van der Waals surface area contributed by atoms with Crippen LogP contribution < -0.4 is 15.0 Å². The lowest BCUT2D eigenvalue weighted by molar-refractivity contribution is -0.136. The molecule has 0 bridgehead atoms. The molecule has 4 heterocycles. The highest BCUT2D eigenvalue weighted by atomic mass is 16.6. The number of nitrogens with one attached hydrogen (secondary N) is 1. The summed E-state index contributed by atoms with van der Waals surface area (Å²) >= 11 is 0. The van der Waals surface area contributed by atoms with Crippen LogP contribution in [0.15, 0.2) is 36.5 Å². The van der Waals surface area contributed by atoms with Gasteiger partial charge in [-0.1, -0.05) is 0 Å². The number of esters is 1. The van der Waals surface area contributed by atoms with Crippen LogP contribution in [-0.2, 0) is 14.3 Å². The Hall–Kier alpha value is -4.28. The maximum absolute atomic E-state index is 13.0. The molecule has 2 fully saturated rings. The van der Waals surface area contributed by atoms with Crippen molar-refractivity contribution in [1.29, 1.82) is 0 Å². The number of pyridine rings is 1. The van der Waals surface area contributed by atoms with Gasteiger partial charge in [0.2, 0.25) is 11.8 Å². The summed E-state index contributed by atoms with van der Waals surface area (Å²) in [5.41, 5.74) is 0.259. The molecule has 1 aromatic carbocycles. The molecule has 3 aliphatic rings. The van der Waals surface area contributed by atoms with E-state index < -0.39 is 41.2 Å². The summed E-state index contributed by atoms with van der Waals surface area (Å²) in [6.45, 7) is 7.50. The van der Waals surface area contributed by atoms with Crippen molar-refractivity contribution < 1.29 is 33.4 Å². The fourth-order valence-corrected chi connectivity index (χ4v) is 4.85. The molecule has 0 spiro atoms. The lowest BCUT2D eigenvalue weighted by Gasteiger charge is -2.40. The molecule has 0 radical (unpaired) electrons. The van der Waals surface area contributed by atoms with Crippen molar-refractivity contribution in [2.24, 2.45) is 5.92 Å². The van der Waals surface area contributed by atoms with E-state index >= 15 is 0 Å². The van der Waals surface area contributed by atoms with E-state index in [-0.39, 0.29) is 24.0 Å². The zero-order chi connectivity index (χ0) is 27.9. The van der Waals surface area contributed by atoms with Crippen LogP contribution in [0.3, 0.4) is 0 Å². The highest BCUT2D eigenvalue weighted by Crippen LogP contribution is 2.31. The maximum atomic E-state index is 13.0. The predicted octanol–water partition coefficient (Wildman–Crippen LogP) is 2.34. The average Bonchev–Trinajstić information content (AvgIpc) is 3.09. The van der Waals surface area contributed by atoms with E-state index in [4.69, 9.17) is 9.47 Å². The van der Waals surface area contributed by atoms with Gasteiger partial charge in [-0.2, -0.15) is 0 Å². The molecular formula is C28H30N4O7. The first-order valence-electron chi connectivity index (χ1n) is 12.9. The molecular weight excluding hydrogens is 504 g/mol. The van der Waals surface area contributed by atoms with Crippen LogP contribution in [0.1, 0.15) is 71.1 Å². The topological polar surface area (TPSA) is 135 Å². The monoisotopic (exact) mass is 534 g/mol. The third kappa shape index (κ3) is 5.47. The molecule has 1 unspecified atom stereocenters. The first-order chi connectivity index (χ1) is 18.5. The van der Waals surface area contributed by atoms with Crippen molar-refractivity contribution in [2.45, 2.75) is 51.7 Å². The Labute approximate surface area is 225 Å². The molecule has 0 aliphatic carbocycles. The van der Waals surface area contributed by atoms with Gasteiger partial charge in [-0.15, -0.1) is 0 Å². The first-order valence-corrected chi connectivity index (χ1v) is 12.9. The zero-order valence-corrected chi connectivity index (χ0v) is 22.1. The van der Waals surface area contributed by atoms with Gasteiger partial charge in [-0.05, 0) is 69.9 Å². The Bertz CT molecular complexity index is 1340. The summed E-state index contributed by atoms with van der Waals surface area (Å²) in [5.74, 6) is -0.892. The molecule has 39 heavy (non-hydrogen) atoms. The van der Waals surface area contributed by atoms with Crippen LogP contribution in [0.2, 0.25) is 0 Å². The lowest BCUT2D eigenvalue weighted by atomic mass is 9.97. The summed E-state index contributed by atoms with van der Waals surface area (Å²) in [5, 5.41) is 2.19. The second-order valence-corrected chi connectivity index (χ2v) is 11.0. The van der Waals surface area contributed by atoms with Gasteiger partial charge >= 0.3 is 5.97 Å². The number of ether oxygens (including phenoxy) is 2. The van der Waals surface area contributed by atoms with Gasteiger partial charge < -0.3 is 14.4 Å². The summed E-state index contributed by atoms with van der Waals surface area (Å²) in [6, 6.07) is 7.24.